The van der Waals surface area contributed by atoms with Gasteiger partial charge in [-0.2, -0.15) is 5.26 Å². The molecule has 2 aromatic rings. The van der Waals surface area contributed by atoms with Crippen LogP contribution >= 0.6 is 0 Å². The van der Waals surface area contributed by atoms with Crippen molar-refractivity contribution in [3.8, 4) is 11.8 Å². The summed E-state index contributed by atoms with van der Waals surface area (Å²) in [5.41, 5.74) is 1.43. The van der Waals surface area contributed by atoms with Gasteiger partial charge in [-0.1, -0.05) is 13.3 Å². The molecule has 1 heterocycles. The summed E-state index contributed by atoms with van der Waals surface area (Å²) in [6.07, 6.45) is 1.62. The van der Waals surface area contributed by atoms with Crippen molar-refractivity contribution in [2.75, 3.05) is 18.5 Å². The number of hydrogen-bond donors (Lipinski definition) is 1. The van der Waals surface area contributed by atoms with E-state index in [-0.39, 0.29) is 29.9 Å². The van der Waals surface area contributed by atoms with E-state index in [2.05, 4.69) is 5.32 Å². The molecule has 0 saturated carbocycles. The molecule has 1 aliphatic heterocycles. The molecule has 28 heavy (non-hydrogen) atoms. The minimum atomic E-state index is -0.388. The van der Waals surface area contributed by atoms with Gasteiger partial charge in [0, 0.05) is 17.8 Å². The smallest absolute Gasteiger partial charge is 0.261 e. The quantitative estimate of drug-likeness (QED) is 0.747. The molecule has 0 unspecified atom stereocenters. The van der Waals surface area contributed by atoms with Crippen molar-refractivity contribution in [1.29, 1.82) is 5.26 Å². The molecule has 0 atom stereocenters. The van der Waals surface area contributed by atoms with E-state index in [1.165, 1.54) is 23.1 Å². The largest absolute Gasteiger partial charge is 0.479 e. The van der Waals surface area contributed by atoms with Gasteiger partial charge in [0.05, 0.1) is 11.1 Å². The Bertz CT molecular complexity index is 961. The van der Waals surface area contributed by atoms with Crippen LogP contribution in [-0.4, -0.2) is 35.8 Å². The third-order valence-electron chi connectivity index (χ3n) is 4.38. The van der Waals surface area contributed by atoms with Gasteiger partial charge >= 0.3 is 0 Å². The molecule has 0 fully saturated rings. The van der Waals surface area contributed by atoms with E-state index in [4.69, 9.17) is 10.00 Å². The Kier molecular flexibility index (Phi) is 5.70. The van der Waals surface area contributed by atoms with Crippen LogP contribution in [0.15, 0.2) is 42.5 Å². The molecule has 142 valence electrons. The van der Waals surface area contributed by atoms with Crippen molar-refractivity contribution in [3.63, 3.8) is 0 Å². The predicted molar refractivity (Wildman–Crippen MR) is 102 cm³/mol. The minimum absolute atomic E-state index is 0.0527. The van der Waals surface area contributed by atoms with E-state index < -0.39 is 0 Å². The standard InChI is InChI=1S/C21H19N3O4/c1-2-3-11-24-20(26)17-9-4-14(13-18(17)21(24)27)19(25)23-15-5-7-16(8-6-15)28-12-10-22/h4-9,13H,2-3,11-12H2,1H3,(H,23,25). The fourth-order valence-electron chi connectivity index (χ4n) is 2.90. The van der Waals surface area contributed by atoms with Gasteiger partial charge in [-0.25, -0.2) is 0 Å². The Morgan fingerprint density at radius 2 is 1.82 bits per heavy atom. The average molecular weight is 377 g/mol. The summed E-state index contributed by atoms with van der Waals surface area (Å²) in [4.78, 5) is 38.6. The van der Waals surface area contributed by atoms with Crippen molar-refractivity contribution in [1.82, 2.24) is 4.90 Å². The van der Waals surface area contributed by atoms with E-state index in [9.17, 15) is 14.4 Å². The zero-order chi connectivity index (χ0) is 20.1. The Hall–Kier alpha value is -3.66. The first kappa shape index (κ1) is 19.1. The molecule has 0 bridgehead atoms. The lowest BCUT2D eigenvalue weighted by Crippen LogP contribution is -2.30. The monoisotopic (exact) mass is 377 g/mol. The number of nitriles is 1. The first-order valence-electron chi connectivity index (χ1n) is 8.96. The van der Waals surface area contributed by atoms with Gasteiger partial charge in [0.25, 0.3) is 17.7 Å². The Labute approximate surface area is 162 Å². The first-order valence-corrected chi connectivity index (χ1v) is 8.96. The van der Waals surface area contributed by atoms with Gasteiger partial charge in [-0.3, -0.25) is 19.3 Å². The molecule has 7 nitrogen and oxygen atoms in total. The molecule has 0 aliphatic carbocycles. The van der Waals surface area contributed by atoms with Gasteiger partial charge in [0.2, 0.25) is 0 Å². The van der Waals surface area contributed by atoms with E-state index in [1.807, 2.05) is 13.0 Å². The second-order valence-electron chi connectivity index (χ2n) is 6.30. The predicted octanol–water partition coefficient (Wildman–Crippen LogP) is 3.24. The molecule has 3 rings (SSSR count). The van der Waals surface area contributed by atoms with Crippen LogP contribution in [0.1, 0.15) is 50.8 Å². The van der Waals surface area contributed by atoms with Crippen LogP contribution in [0.5, 0.6) is 5.75 Å². The summed E-state index contributed by atoms with van der Waals surface area (Å²) in [5, 5.41) is 11.2. The third kappa shape index (κ3) is 3.86. The number of nitrogens with zero attached hydrogens (tertiary/aromatic N) is 2. The van der Waals surface area contributed by atoms with Crippen molar-refractivity contribution >= 4 is 23.4 Å². The summed E-state index contributed by atoms with van der Waals surface area (Å²) in [5.74, 6) is -0.537. The SMILES string of the molecule is CCCCN1C(=O)c2ccc(C(=O)Nc3ccc(OCC#N)cc3)cc2C1=O. The van der Waals surface area contributed by atoms with Crippen LogP contribution in [0.3, 0.4) is 0 Å². The maximum absolute atomic E-state index is 12.5. The molecule has 7 heteroatoms. The molecular formula is C21H19N3O4. The van der Waals surface area contributed by atoms with Crippen LogP contribution in [0.4, 0.5) is 5.69 Å². The number of unbranched alkanes of at least 4 members (excludes halogenated alkanes) is 1. The number of fused-ring (bicyclic) bond motifs is 1. The highest BCUT2D eigenvalue weighted by atomic mass is 16.5. The summed E-state index contributed by atoms with van der Waals surface area (Å²) < 4.78 is 5.16. The van der Waals surface area contributed by atoms with E-state index in [0.29, 0.717) is 29.1 Å². The number of anilines is 1. The van der Waals surface area contributed by atoms with E-state index in [0.717, 1.165) is 12.8 Å². The second-order valence-corrected chi connectivity index (χ2v) is 6.30. The average Bonchev–Trinajstić information content (AvgIpc) is 2.95. The lowest BCUT2D eigenvalue weighted by Gasteiger charge is -2.12. The number of carbonyl (C=O) groups is 3. The molecule has 0 aromatic heterocycles. The Morgan fingerprint density at radius 1 is 1.11 bits per heavy atom. The van der Waals surface area contributed by atoms with Gasteiger partial charge in [0.1, 0.15) is 11.8 Å². The third-order valence-corrected chi connectivity index (χ3v) is 4.38. The molecule has 3 amide bonds. The number of hydrogen-bond acceptors (Lipinski definition) is 5. The molecule has 1 N–H and O–H groups in total. The highest BCUT2D eigenvalue weighted by Crippen LogP contribution is 2.25. The summed E-state index contributed by atoms with van der Waals surface area (Å²) in [6.45, 7) is 2.32. The number of ether oxygens (including phenoxy) is 1. The number of nitrogens with one attached hydrogen (secondary N) is 1. The maximum atomic E-state index is 12.5. The Morgan fingerprint density at radius 3 is 2.50 bits per heavy atom. The molecule has 0 radical (unpaired) electrons. The van der Waals surface area contributed by atoms with Crippen LogP contribution in [0.25, 0.3) is 0 Å². The number of carbonyl (C=O) groups excluding carboxylic acids is 3. The van der Waals surface area contributed by atoms with Crippen LogP contribution in [-0.2, 0) is 0 Å². The van der Waals surface area contributed by atoms with Gasteiger partial charge < -0.3 is 10.1 Å². The number of amides is 3. The van der Waals surface area contributed by atoms with Gasteiger partial charge in [-0.15, -0.1) is 0 Å². The van der Waals surface area contributed by atoms with Gasteiger partial charge in [0.15, 0.2) is 6.61 Å². The highest BCUT2D eigenvalue weighted by molar-refractivity contribution is 6.22. The molecule has 2 aromatic carbocycles. The number of benzene rings is 2. The minimum Gasteiger partial charge on any atom is -0.479 e. The highest BCUT2D eigenvalue weighted by Gasteiger charge is 2.35. The van der Waals surface area contributed by atoms with E-state index in [1.54, 1.807) is 24.3 Å². The lowest BCUT2D eigenvalue weighted by atomic mass is 10.1. The van der Waals surface area contributed by atoms with Crippen molar-refractivity contribution in [2.24, 2.45) is 0 Å². The lowest BCUT2D eigenvalue weighted by molar-refractivity contribution is 0.0652. The molecular weight excluding hydrogens is 358 g/mol. The molecule has 0 saturated heterocycles. The van der Waals surface area contributed by atoms with Crippen LogP contribution < -0.4 is 10.1 Å². The van der Waals surface area contributed by atoms with Crippen molar-refractivity contribution in [2.45, 2.75) is 19.8 Å². The Balaban J connectivity index is 1.73. The fourth-order valence-corrected chi connectivity index (χ4v) is 2.90. The zero-order valence-corrected chi connectivity index (χ0v) is 15.4. The van der Waals surface area contributed by atoms with Gasteiger partial charge in [-0.05, 0) is 48.9 Å². The van der Waals surface area contributed by atoms with Crippen molar-refractivity contribution < 1.29 is 19.1 Å². The maximum Gasteiger partial charge on any atom is 0.261 e. The van der Waals surface area contributed by atoms with Crippen LogP contribution in [0.2, 0.25) is 0 Å². The number of rotatable bonds is 7. The zero-order valence-electron chi connectivity index (χ0n) is 15.4. The molecule has 1 aliphatic rings. The topological polar surface area (TPSA) is 99.5 Å². The van der Waals surface area contributed by atoms with E-state index >= 15 is 0 Å². The fraction of sp³-hybridized carbons (Fsp3) is 0.238. The summed E-state index contributed by atoms with van der Waals surface area (Å²) in [6, 6.07) is 13.0. The normalized spacial score (nSPS) is 12.5. The summed E-state index contributed by atoms with van der Waals surface area (Å²) >= 11 is 0. The molecule has 0 spiro atoms. The number of imide groups is 1. The van der Waals surface area contributed by atoms with Crippen molar-refractivity contribution in [3.05, 3.63) is 59.2 Å². The summed E-state index contributed by atoms with van der Waals surface area (Å²) in [7, 11) is 0. The first-order chi connectivity index (χ1) is 13.5. The second kappa shape index (κ2) is 8.35. The van der Waals surface area contributed by atoms with Crippen LogP contribution in [0, 0.1) is 11.3 Å².